The highest BCUT2D eigenvalue weighted by Crippen LogP contribution is 2.28. The molecule has 0 saturated heterocycles. The number of amides is 1. The molecule has 7 nitrogen and oxygen atoms in total. The molecule has 3 aromatic carbocycles. The van der Waals surface area contributed by atoms with Gasteiger partial charge in [-0.2, -0.15) is 5.10 Å². The first-order valence-electron chi connectivity index (χ1n) is 9.77. The molecule has 2 N–H and O–H groups in total. The maximum atomic E-state index is 12.5. The molecule has 0 saturated carbocycles. The van der Waals surface area contributed by atoms with Gasteiger partial charge in [-0.05, 0) is 41.1 Å². The van der Waals surface area contributed by atoms with Crippen LogP contribution in [0.3, 0.4) is 0 Å². The molecular formula is C25H16N2O5. The molecule has 5 rings (SSSR count). The van der Waals surface area contributed by atoms with E-state index in [0.29, 0.717) is 22.7 Å². The summed E-state index contributed by atoms with van der Waals surface area (Å²) in [7, 11) is 0. The summed E-state index contributed by atoms with van der Waals surface area (Å²) in [5, 5.41) is 16.2. The Morgan fingerprint density at radius 3 is 2.56 bits per heavy atom. The van der Waals surface area contributed by atoms with Gasteiger partial charge in [0.2, 0.25) is 0 Å². The Morgan fingerprint density at radius 2 is 1.69 bits per heavy atom. The van der Waals surface area contributed by atoms with Crippen LogP contribution >= 0.6 is 0 Å². The third-order valence-corrected chi connectivity index (χ3v) is 5.06. The SMILES string of the molecule is O=C(N/N=C\c1ccc(-c2ccccc2C(=O)O)o1)c1cc2c(ccc3ccccc32)o1. The van der Waals surface area contributed by atoms with Gasteiger partial charge in [0.15, 0.2) is 5.76 Å². The quantitative estimate of drug-likeness (QED) is 0.294. The normalized spacial score (nSPS) is 11.4. The van der Waals surface area contributed by atoms with Crippen molar-refractivity contribution >= 4 is 39.8 Å². The number of carboxylic acids is 1. The van der Waals surface area contributed by atoms with Crippen LogP contribution in [0.5, 0.6) is 0 Å². The van der Waals surface area contributed by atoms with Crippen LogP contribution in [0.1, 0.15) is 26.7 Å². The Hall–Kier alpha value is -4.65. The zero-order valence-corrected chi connectivity index (χ0v) is 16.6. The zero-order valence-electron chi connectivity index (χ0n) is 16.6. The topological polar surface area (TPSA) is 105 Å². The average Bonchev–Trinajstić information content (AvgIpc) is 3.46. The molecule has 5 aromatic rings. The first-order valence-corrected chi connectivity index (χ1v) is 9.77. The van der Waals surface area contributed by atoms with E-state index >= 15 is 0 Å². The summed E-state index contributed by atoms with van der Waals surface area (Å²) in [6.07, 6.45) is 1.34. The zero-order chi connectivity index (χ0) is 22.1. The Kier molecular flexibility index (Phi) is 4.76. The van der Waals surface area contributed by atoms with Gasteiger partial charge in [0.25, 0.3) is 0 Å². The number of hydrazone groups is 1. The standard InChI is InChI=1S/C25H16N2O5/c28-24(23-13-20-17-6-2-1-5-15(17)9-11-22(20)32-23)27-26-14-16-10-12-21(31-16)18-7-3-4-8-19(18)25(29)30/h1-14H,(H,27,28)(H,29,30)/b26-14-. The van der Waals surface area contributed by atoms with E-state index in [4.69, 9.17) is 8.83 Å². The molecule has 0 aliphatic heterocycles. The maximum absolute atomic E-state index is 12.5. The van der Waals surface area contributed by atoms with Crippen LogP contribution in [0.4, 0.5) is 0 Å². The molecule has 0 bridgehead atoms. The fraction of sp³-hybridized carbons (Fsp3) is 0. The minimum Gasteiger partial charge on any atom is -0.478 e. The number of nitrogens with zero attached hydrogens (tertiary/aromatic N) is 1. The molecule has 0 atom stereocenters. The summed E-state index contributed by atoms with van der Waals surface area (Å²) in [6, 6.07) is 23.2. The van der Waals surface area contributed by atoms with Gasteiger partial charge in [0.1, 0.15) is 17.1 Å². The number of furan rings is 2. The van der Waals surface area contributed by atoms with Gasteiger partial charge in [0, 0.05) is 10.9 Å². The third kappa shape index (κ3) is 3.52. The smallest absolute Gasteiger partial charge is 0.336 e. The van der Waals surface area contributed by atoms with E-state index in [1.165, 1.54) is 12.3 Å². The minimum atomic E-state index is -1.04. The van der Waals surface area contributed by atoms with Crippen LogP contribution in [0.2, 0.25) is 0 Å². The number of benzene rings is 3. The van der Waals surface area contributed by atoms with Crippen LogP contribution in [0.25, 0.3) is 33.1 Å². The van der Waals surface area contributed by atoms with Gasteiger partial charge in [-0.1, -0.05) is 48.5 Å². The fourth-order valence-electron chi connectivity index (χ4n) is 3.57. The number of carboxylic acid groups (broad SMARTS) is 1. The number of carbonyl (C=O) groups excluding carboxylic acids is 1. The molecule has 156 valence electrons. The number of rotatable bonds is 5. The predicted molar refractivity (Wildman–Crippen MR) is 120 cm³/mol. The van der Waals surface area contributed by atoms with Crippen molar-refractivity contribution in [3.8, 4) is 11.3 Å². The highest BCUT2D eigenvalue weighted by atomic mass is 16.4. The van der Waals surface area contributed by atoms with E-state index in [2.05, 4.69) is 10.5 Å². The van der Waals surface area contributed by atoms with Crippen molar-refractivity contribution in [3.63, 3.8) is 0 Å². The second-order valence-electron chi connectivity index (χ2n) is 7.06. The van der Waals surface area contributed by atoms with E-state index in [1.807, 2.05) is 36.4 Å². The molecule has 0 spiro atoms. The minimum absolute atomic E-state index is 0.135. The average molecular weight is 424 g/mol. The Morgan fingerprint density at radius 1 is 0.875 bits per heavy atom. The number of hydrogen-bond acceptors (Lipinski definition) is 5. The number of aromatic carboxylic acids is 1. The monoisotopic (exact) mass is 424 g/mol. The molecule has 7 heteroatoms. The van der Waals surface area contributed by atoms with Crippen LogP contribution in [-0.2, 0) is 0 Å². The molecule has 0 unspecified atom stereocenters. The summed E-state index contributed by atoms with van der Waals surface area (Å²) in [6.45, 7) is 0. The lowest BCUT2D eigenvalue weighted by Crippen LogP contribution is -2.16. The van der Waals surface area contributed by atoms with E-state index in [0.717, 1.165) is 16.2 Å². The lowest BCUT2D eigenvalue weighted by atomic mass is 10.1. The summed E-state index contributed by atoms with van der Waals surface area (Å²) >= 11 is 0. The molecule has 0 radical (unpaired) electrons. The lowest BCUT2D eigenvalue weighted by Gasteiger charge is -2.01. The van der Waals surface area contributed by atoms with E-state index in [9.17, 15) is 14.7 Å². The van der Waals surface area contributed by atoms with Gasteiger partial charge < -0.3 is 13.9 Å². The van der Waals surface area contributed by atoms with Gasteiger partial charge in [0.05, 0.1) is 11.8 Å². The number of fused-ring (bicyclic) bond motifs is 3. The molecule has 0 fully saturated rings. The van der Waals surface area contributed by atoms with Crippen LogP contribution in [0.15, 0.2) is 92.8 Å². The van der Waals surface area contributed by atoms with Gasteiger partial charge in [-0.3, -0.25) is 4.79 Å². The Bertz CT molecular complexity index is 1510. The Balaban J connectivity index is 1.33. The highest BCUT2D eigenvalue weighted by molar-refractivity contribution is 6.08. The van der Waals surface area contributed by atoms with Crippen LogP contribution in [-0.4, -0.2) is 23.2 Å². The maximum Gasteiger partial charge on any atom is 0.336 e. The summed E-state index contributed by atoms with van der Waals surface area (Å²) in [4.78, 5) is 23.9. The number of carbonyl (C=O) groups is 2. The second kappa shape index (κ2) is 7.88. The van der Waals surface area contributed by atoms with E-state index in [-0.39, 0.29) is 11.3 Å². The first-order chi connectivity index (χ1) is 15.6. The summed E-state index contributed by atoms with van der Waals surface area (Å²) in [5.41, 5.74) is 3.63. The first kappa shape index (κ1) is 19.3. The van der Waals surface area contributed by atoms with Crippen molar-refractivity contribution in [2.75, 3.05) is 0 Å². The van der Waals surface area contributed by atoms with Gasteiger partial charge in [-0.25, -0.2) is 10.2 Å². The molecule has 1 amide bonds. The van der Waals surface area contributed by atoms with Crippen molar-refractivity contribution in [1.82, 2.24) is 5.43 Å². The second-order valence-corrected chi connectivity index (χ2v) is 7.06. The van der Waals surface area contributed by atoms with E-state index in [1.54, 1.807) is 36.4 Å². The van der Waals surface area contributed by atoms with Crippen molar-refractivity contribution in [2.24, 2.45) is 5.10 Å². The van der Waals surface area contributed by atoms with Gasteiger partial charge in [-0.15, -0.1) is 0 Å². The summed E-state index contributed by atoms with van der Waals surface area (Å²) in [5.74, 6) is -0.650. The van der Waals surface area contributed by atoms with Crippen molar-refractivity contribution in [3.05, 3.63) is 95.9 Å². The molecular weight excluding hydrogens is 408 g/mol. The molecule has 2 heterocycles. The molecule has 2 aromatic heterocycles. The number of hydrogen-bond donors (Lipinski definition) is 2. The largest absolute Gasteiger partial charge is 0.478 e. The van der Waals surface area contributed by atoms with Crippen molar-refractivity contribution in [1.29, 1.82) is 0 Å². The predicted octanol–water partition coefficient (Wildman–Crippen LogP) is 5.31. The fourth-order valence-corrected chi connectivity index (χ4v) is 3.57. The number of nitrogens with one attached hydrogen (secondary N) is 1. The van der Waals surface area contributed by atoms with Crippen molar-refractivity contribution in [2.45, 2.75) is 0 Å². The third-order valence-electron chi connectivity index (χ3n) is 5.06. The van der Waals surface area contributed by atoms with E-state index < -0.39 is 11.9 Å². The van der Waals surface area contributed by atoms with Gasteiger partial charge >= 0.3 is 11.9 Å². The van der Waals surface area contributed by atoms with Crippen LogP contribution < -0.4 is 5.43 Å². The summed E-state index contributed by atoms with van der Waals surface area (Å²) < 4.78 is 11.3. The van der Waals surface area contributed by atoms with Crippen molar-refractivity contribution < 1.29 is 23.5 Å². The molecule has 0 aliphatic carbocycles. The molecule has 32 heavy (non-hydrogen) atoms. The lowest BCUT2D eigenvalue weighted by molar-refractivity contribution is 0.0697. The Labute approximate surface area is 181 Å². The molecule has 0 aliphatic rings. The highest BCUT2D eigenvalue weighted by Gasteiger charge is 2.15. The van der Waals surface area contributed by atoms with Crippen LogP contribution in [0, 0.1) is 0 Å².